The predicted molar refractivity (Wildman–Crippen MR) is 56.6 cm³/mol. The highest BCUT2D eigenvalue weighted by atomic mass is 79.9. The Bertz CT molecular complexity index is 400. The molecule has 4 nitrogen and oxygen atoms in total. The molecule has 0 atom stereocenters. The van der Waals surface area contributed by atoms with Crippen molar-refractivity contribution in [2.75, 3.05) is 0 Å². The van der Waals surface area contributed by atoms with Crippen LogP contribution >= 0.6 is 15.9 Å². The molecule has 80 valence electrons. The van der Waals surface area contributed by atoms with Crippen LogP contribution in [0.5, 0.6) is 0 Å². The van der Waals surface area contributed by atoms with Gasteiger partial charge in [-0.1, -0.05) is 15.9 Å². The van der Waals surface area contributed by atoms with Crippen LogP contribution in [0.1, 0.15) is 22.8 Å². The topological polar surface area (TPSA) is 63.6 Å². The minimum atomic E-state index is -1.04. The minimum Gasteiger partial charge on any atom is -0.478 e. The van der Waals surface area contributed by atoms with Gasteiger partial charge in [-0.3, -0.25) is 4.79 Å². The summed E-state index contributed by atoms with van der Waals surface area (Å²) < 4.78 is 5.50. The van der Waals surface area contributed by atoms with Gasteiger partial charge in [0.25, 0.3) is 0 Å². The first-order chi connectivity index (χ1) is 7.00. The number of carbonyl (C=O) groups is 2. The molecule has 5 heteroatoms. The van der Waals surface area contributed by atoms with Crippen LogP contribution in [0.3, 0.4) is 0 Å². The summed E-state index contributed by atoms with van der Waals surface area (Å²) in [5.74, 6) is -1.48. The van der Waals surface area contributed by atoms with E-state index in [0.717, 1.165) is 4.47 Å². The van der Waals surface area contributed by atoms with Gasteiger partial charge in [-0.05, 0) is 18.2 Å². The summed E-state index contributed by atoms with van der Waals surface area (Å²) in [4.78, 5) is 21.4. The number of aromatic carboxylic acids is 1. The lowest BCUT2D eigenvalue weighted by atomic mass is 10.1. The maximum absolute atomic E-state index is 10.8. The van der Waals surface area contributed by atoms with E-state index in [2.05, 4.69) is 15.9 Å². The maximum atomic E-state index is 10.8. The van der Waals surface area contributed by atoms with E-state index in [1.165, 1.54) is 13.0 Å². The molecule has 0 fully saturated rings. The molecule has 0 amide bonds. The van der Waals surface area contributed by atoms with E-state index in [1.807, 2.05) is 0 Å². The molecule has 0 aliphatic rings. The number of hydrogen-bond donors (Lipinski definition) is 1. The fraction of sp³-hybridized carbons (Fsp3) is 0.200. The second-order valence-electron chi connectivity index (χ2n) is 2.89. The third kappa shape index (κ3) is 3.36. The van der Waals surface area contributed by atoms with Crippen LogP contribution in [0.4, 0.5) is 0 Å². The van der Waals surface area contributed by atoms with Gasteiger partial charge in [0, 0.05) is 17.0 Å². The van der Waals surface area contributed by atoms with Crippen molar-refractivity contribution in [3.8, 4) is 0 Å². The van der Waals surface area contributed by atoms with Crippen LogP contribution in [0.25, 0.3) is 0 Å². The maximum Gasteiger partial charge on any atom is 0.336 e. The summed E-state index contributed by atoms with van der Waals surface area (Å²) in [5.41, 5.74) is 0.603. The molecule has 0 aliphatic carbocycles. The van der Waals surface area contributed by atoms with E-state index >= 15 is 0 Å². The number of carboxylic acids is 1. The third-order valence-corrected chi connectivity index (χ3v) is 2.22. The summed E-state index contributed by atoms with van der Waals surface area (Å²) in [7, 11) is 0. The number of carbonyl (C=O) groups excluding carboxylic acids is 1. The Morgan fingerprint density at radius 1 is 1.47 bits per heavy atom. The molecule has 0 radical (unpaired) electrons. The molecule has 0 aromatic heterocycles. The average Bonchev–Trinajstić information content (AvgIpc) is 2.14. The zero-order valence-electron chi connectivity index (χ0n) is 7.99. The van der Waals surface area contributed by atoms with Crippen molar-refractivity contribution in [1.29, 1.82) is 0 Å². The molecule has 0 bridgehead atoms. The van der Waals surface area contributed by atoms with Crippen molar-refractivity contribution in [2.24, 2.45) is 0 Å². The SMILES string of the molecule is CC(=O)OCc1cc(Br)ccc1C(=O)O. The largest absolute Gasteiger partial charge is 0.478 e. The normalized spacial score (nSPS) is 9.73. The molecule has 1 aromatic rings. The number of carboxylic acid groups (broad SMARTS) is 1. The average molecular weight is 273 g/mol. The van der Waals surface area contributed by atoms with Crippen LogP contribution < -0.4 is 0 Å². The minimum absolute atomic E-state index is 0.0313. The first kappa shape index (κ1) is 11.7. The van der Waals surface area contributed by atoms with Crippen molar-refractivity contribution in [2.45, 2.75) is 13.5 Å². The Kier molecular flexibility index (Phi) is 3.85. The Labute approximate surface area is 95.0 Å². The second kappa shape index (κ2) is 4.93. The van der Waals surface area contributed by atoms with Gasteiger partial charge in [0.15, 0.2) is 0 Å². The Hall–Kier alpha value is -1.36. The third-order valence-electron chi connectivity index (χ3n) is 1.73. The molecule has 1 rings (SSSR count). The number of hydrogen-bond acceptors (Lipinski definition) is 3. The van der Waals surface area contributed by atoms with E-state index < -0.39 is 11.9 Å². The lowest BCUT2D eigenvalue weighted by Crippen LogP contribution is -2.06. The molecule has 1 aromatic carbocycles. The van der Waals surface area contributed by atoms with Crippen LogP contribution in [-0.4, -0.2) is 17.0 Å². The Morgan fingerprint density at radius 3 is 2.67 bits per heavy atom. The van der Waals surface area contributed by atoms with Crippen LogP contribution in [0.2, 0.25) is 0 Å². The molecule has 15 heavy (non-hydrogen) atoms. The van der Waals surface area contributed by atoms with Gasteiger partial charge in [-0.15, -0.1) is 0 Å². The van der Waals surface area contributed by atoms with Crippen molar-refractivity contribution in [3.05, 3.63) is 33.8 Å². The lowest BCUT2D eigenvalue weighted by molar-refractivity contribution is -0.142. The van der Waals surface area contributed by atoms with Crippen molar-refractivity contribution in [1.82, 2.24) is 0 Å². The summed E-state index contributed by atoms with van der Waals surface area (Å²) in [5, 5.41) is 8.87. The van der Waals surface area contributed by atoms with Crippen molar-refractivity contribution in [3.63, 3.8) is 0 Å². The van der Waals surface area contributed by atoms with Gasteiger partial charge in [0.05, 0.1) is 5.56 Å². The van der Waals surface area contributed by atoms with E-state index in [9.17, 15) is 9.59 Å². The van der Waals surface area contributed by atoms with Gasteiger partial charge in [0.1, 0.15) is 6.61 Å². The van der Waals surface area contributed by atoms with E-state index in [4.69, 9.17) is 9.84 Å². The first-order valence-electron chi connectivity index (χ1n) is 4.16. The zero-order valence-corrected chi connectivity index (χ0v) is 9.58. The predicted octanol–water partition coefficient (Wildman–Crippen LogP) is 2.21. The molecule has 0 unspecified atom stereocenters. The molecule has 0 aliphatic heterocycles. The van der Waals surface area contributed by atoms with Gasteiger partial charge in [-0.25, -0.2) is 4.79 Å². The van der Waals surface area contributed by atoms with Gasteiger partial charge >= 0.3 is 11.9 Å². The second-order valence-corrected chi connectivity index (χ2v) is 3.80. The standard InChI is InChI=1S/C10H9BrO4/c1-6(12)15-5-7-4-8(11)2-3-9(7)10(13)14/h2-4H,5H2,1H3,(H,13,14). The highest BCUT2D eigenvalue weighted by molar-refractivity contribution is 9.10. The van der Waals surface area contributed by atoms with Crippen LogP contribution in [0, 0.1) is 0 Å². The van der Waals surface area contributed by atoms with E-state index in [0.29, 0.717) is 5.56 Å². The van der Waals surface area contributed by atoms with Gasteiger partial charge < -0.3 is 9.84 Å². The summed E-state index contributed by atoms with van der Waals surface area (Å²) in [6.07, 6.45) is 0. The zero-order chi connectivity index (χ0) is 11.4. The Balaban J connectivity index is 2.96. The molecule has 0 spiro atoms. The first-order valence-corrected chi connectivity index (χ1v) is 4.95. The number of halogens is 1. The van der Waals surface area contributed by atoms with E-state index in [1.54, 1.807) is 12.1 Å². The smallest absolute Gasteiger partial charge is 0.336 e. The number of benzene rings is 1. The highest BCUT2D eigenvalue weighted by Gasteiger charge is 2.11. The molecule has 1 N–H and O–H groups in total. The number of rotatable bonds is 3. The van der Waals surface area contributed by atoms with Gasteiger partial charge in [0.2, 0.25) is 0 Å². The monoisotopic (exact) mass is 272 g/mol. The van der Waals surface area contributed by atoms with Gasteiger partial charge in [-0.2, -0.15) is 0 Å². The molecular formula is C10H9BrO4. The fourth-order valence-electron chi connectivity index (χ4n) is 1.07. The summed E-state index contributed by atoms with van der Waals surface area (Å²) in [6, 6.07) is 4.71. The van der Waals surface area contributed by atoms with Crippen molar-refractivity contribution >= 4 is 27.9 Å². The van der Waals surface area contributed by atoms with Crippen molar-refractivity contribution < 1.29 is 19.4 Å². The molecular weight excluding hydrogens is 264 g/mol. The van der Waals surface area contributed by atoms with E-state index in [-0.39, 0.29) is 12.2 Å². The Morgan fingerprint density at radius 2 is 2.13 bits per heavy atom. The van der Waals surface area contributed by atoms with Crippen LogP contribution in [-0.2, 0) is 16.1 Å². The number of ether oxygens (including phenoxy) is 1. The molecule has 0 saturated heterocycles. The summed E-state index contributed by atoms with van der Waals surface area (Å²) >= 11 is 3.22. The summed E-state index contributed by atoms with van der Waals surface area (Å²) in [6.45, 7) is 1.24. The fourth-order valence-corrected chi connectivity index (χ4v) is 1.48. The lowest BCUT2D eigenvalue weighted by Gasteiger charge is -2.06. The number of esters is 1. The van der Waals surface area contributed by atoms with Crippen LogP contribution in [0.15, 0.2) is 22.7 Å². The quantitative estimate of drug-likeness (QED) is 0.857. The highest BCUT2D eigenvalue weighted by Crippen LogP contribution is 2.17. The molecule has 0 saturated carbocycles. The molecule has 0 heterocycles.